The summed E-state index contributed by atoms with van der Waals surface area (Å²) in [5, 5.41) is 23.1. The zero-order chi connectivity index (χ0) is 19.9. The van der Waals surface area contributed by atoms with Crippen LogP contribution in [0, 0.1) is 33.5 Å². The van der Waals surface area contributed by atoms with Crippen molar-refractivity contribution in [2.24, 2.45) is 21.6 Å². The number of anilines is 1. The number of rotatable bonds is 6. The first kappa shape index (κ1) is 19.6. The van der Waals surface area contributed by atoms with E-state index in [1.165, 1.54) is 6.92 Å². The van der Waals surface area contributed by atoms with Crippen molar-refractivity contribution in [2.45, 2.75) is 30.9 Å². The average Bonchev–Trinajstić information content (AvgIpc) is 3.21. The van der Waals surface area contributed by atoms with Gasteiger partial charge in [0.25, 0.3) is 0 Å². The molecule has 1 aromatic carbocycles. The zero-order valence-electron chi connectivity index (χ0n) is 15.4. The van der Waals surface area contributed by atoms with Crippen molar-refractivity contribution in [1.29, 1.82) is 10.5 Å². The highest BCUT2D eigenvalue weighted by Crippen LogP contribution is 2.85. The number of carbonyl (C=O) groups is 1. The van der Waals surface area contributed by atoms with E-state index in [-0.39, 0.29) is 17.7 Å². The van der Waals surface area contributed by atoms with E-state index >= 15 is 0 Å². The lowest BCUT2D eigenvalue weighted by atomic mass is 9.97. The molecule has 1 amide bonds. The van der Waals surface area contributed by atoms with Crippen molar-refractivity contribution in [3.63, 3.8) is 0 Å². The fourth-order valence-corrected chi connectivity index (χ4v) is 7.46. The highest BCUT2D eigenvalue weighted by molar-refractivity contribution is 8.18. The Bertz CT molecular complexity index is 879. The standard InChI is InChI=1S/C19H21N5OS2/c1-4-26-19(27-5-2)18(11-21)15(17(18,10-20)16(22)24-19)13-6-8-14(9-7-13)23-12(3)25/h6-9,15H,4-5H2,1-3H3,(H2,22,24)(H,23,25). The third kappa shape index (κ3) is 2.40. The number of hydrogen-bond donors (Lipinski definition) is 2. The lowest BCUT2D eigenvalue weighted by Crippen LogP contribution is -2.31. The Morgan fingerprint density at radius 1 is 1.22 bits per heavy atom. The maximum Gasteiger partial charge on any atom is 0.221 e. The molecule has 0 radical (unpaired) electrons. The topological polar surface area (TPSA) is 115 Å². The van der Waals surface area contributed by atoms with Crippen LogP contribution in [0.1, 0.15) is 32.3 Å². The summed E-state index contributed by atoms with van der Waals surface area (Å²) in [5.74, 6) is 1.29. The van der Waals surface area contributed by atoms with Crippen molar-refractivity contribution in [3.05, 3.63) is 29.8 Å². The normalized spacial score (nSPS) is 29.8. The molecule has 140 valence electrons. The number of thioether (sulfide) groups is 2. The second-order valence-corrected chi connectivity index (χ2v) is 9.69. The molecule has 3 atom stereocenters. The number of nitrogens with zero attached hydrogens (tertiary/aromatic N) is 3. The van der Waals surface area contributed by atoms with Crippen molar-refractivity contribution >= 4 is 41.0 Å². The van der Waals surface area contributed by atoms with Crippen molar-refractivity contribution in [3.8, 4) is 12.1 Å². The molecule has 1 saturated carbocycles. The Morgan fingerprint density at radius 2 is 1.81 bits per heavy atom. The molecule has 3 N–H and O–H groups in total. The largest absolute Gasteiger partial charge is 0.386 e. The number of nitriles is 2. The number of nitrogens with two attached hydrogens (primary N) is 1. The summed E-state index contributed by atoms with van der Waals surface area (Å²) < 4.78 is -0.786. The maximum absolute atomic E-state index is 11.2. The third-order valence-corrected chi connectivity index (χ3v) is 8.07. The summed E-state index contributed by atoms with van der Waals surface area (Å²) in [7, 11) is 0. The van der Waals surface area contributed by atoms with Gasteiger partial charge in [-0.05, 0) is 29.2 Å². The molecular weight excluding hydrogens is 378 g/mol. The number of aliphatic imine (C=N–C) groups is 1. The summed E-state index contributed by atoms with van der Waals surface area (Å²) in [5.41, 5.74) is 5.70. The summed E-state index contributed by atoms with van der Waals surface area (Å²) >= 11 is 3.15. The maximum atomic E-state index is 11.2. The number of benzene rings is 1. The minimum Gasteiger partial charge on any atom is -0.386 e. The number of hydrogen-bond acceptors (Lipinski definition) is 7. The van der Waals surface area contributed by atoms with Gasteiger partial charge in [-0.15, -0.1) is 23.5 Å². The number of amides is 1. The summed E-state index contributed by atoms with van der Waals surface area (Å²) in [6, 6.07) is 12.1. The molecule has 8 heteroatoms. The monoisotopic (exact) mass is 399 g/mol. The molecule has 27 heavy (non-hydrogen) atoms. The van der Waals surface area contributed by atoms with Gasteiger partial charge in [-0.2, -0.15) is 10.5 Å². The van der Waals surface area contributed by atoms with Crippen LogP contribution in [0.3, 0.4) is 0 Å². The number of fused-ring (bicyclic) bond motifs is 1. The Kier molecular flexibility index (Phi) is 4.92. The van der Waals surface area contributed by atoms with Gasteiger partial charge in [-0.3, -0.25) is 4.79 Å². The molecule has 1 aliphatic carbocycles. The SMILES string of the molecule is CCSC1(SCC)N=C(N)C2(C#N)C(c3ccc(NC(C)=O)cc3)C12C#N. The van der Waals surface area contributed by atoms with E-state index in [4.69, 9.17) is 5.73 Å². The summed E-state index contributed by atoms with van der Waals surface area (Å²) in [4.78, 5) is 15.9. The van der Waals surface area contributed by atoms with Gasteiger partial charge < -0.3 is 11.1 Å². The minimum atomic E-state index is -1.11. The Hall–Kier alpha value is -2.16. The Morgan fingerprint density at radius 3 is 2.26 bits per heavy atom. The summed E-state index contributed by atoms with van der Waals surface area (Å²) in [6.45, 7) is 5.49. The van der Waals surface area contributed by atoms with E-state index in [9.17, 15) is 15.3 Å². The van der Waals surface area contributed by atoms with Crippen LogP contribution in [0.5, 0.6) is 0 Å². The van der Waals surface area contributed by atoms with Gasteiger partial charge in [0.1, 0.15) is 16.7 Å². The van der Waals surface area contributed by atoms with Gasteiger partial charge in [-0.1, -0.05) is 26.0 Å². The van der Waals surface area contributed by atoms with Crippen molar-refractivity contribution in [2.75, 3.05) is 16.8 Å². The summed E-state index contributed by atoms with van der Waals surface area (Å²) in [6.07, 6.45) is 0. The number of amidine groups is 1. The second kappa shape index (κ2) is 6.78. The first-order valence-corrected chi connectivity index (χ1v) is 10.7. The minimum absolute atomic E-state index is 0.151. The van der Waals surface area contributed by atoms with E-state index in [2.05, 4.69) is 22.4 Å². The van der Waals surface area contributed by atoms with E-state index in [0.29, 0.717) is 5.69 Å². The number of nitrogens with one attached hydrogen (secondary N) is 1. The molecule has 0 saturated heterocycles. The lowest BCUT2D eigenvalue weighted by molar-refractivity contribution is -0.114. The van der Waals surface area contributed by atoms with Crippen LogP contribution in [0.25, 0.3) is 0 Å². The quantitative estimate of drug-likeness (QED) is 0.709. The van der Waals surface area contributed by atoms with Crippen molar-refractivity contribution < 1.29 is 4.79 Å². The second-order valence-electron chi connectivity index (χ2n) is 6.52. The molecule has 1 heterocycles. The predicted octanol–water partition coefficient (Wildman–Crippen LogP) is 3.29. The fourth-order valence-electron chi connectivity index (χ4n) is 4.21. The van der Waals surface area contributed by atoms with Crippen LogP contribution >= 0.6 is 23.5 Å². The predicted molar refractivity (Wildman–Crippen MR) is 110 cm³/mol. The molecule has 0 bridgehead atoms. The average molecular weight is 400 g/mol. The smallest absolute Gasteiger partial charge is 0.221 e. The molecule has 0 aromatic heterocycles. The van der Waals surface area contributed by atoms with Crippen LogP contribution in [0.15, 0.2) is 29.3 Å². The first-order chi connectivity index (χ1) is 12.9. The Balaban J connectivity index is 2.10. The molecule has 1 aromatic rings. The van der Waals surface area contributed by atoms with E-state index in [1.807, 2.05) is 26.0 Å². The van der Waals surface area contributed by atoms with Gasteiger partial charge in [0, 0.05) is 18.5 Å². The van der Waals surface area contributed by atoms with Crippen LogP contribution in [0.4, 0.5) is 5.69 Å². The van der Waals surface area contributed by atoms with Gasteiger partial charge in [-0.25, -0.2) is 4.99 Å². The fraction of sp³-hybridized carbons (Fsp3) is 0.474. The van der Waals surface area contributed by atoms with E-state index < -0.39 is 15.0 Å². The molecule has 1 aliphatic heterocycles. The molecule has 1 fully saturated rings. The van der Waals surface area contributed by atoms with Crippen LogP contribution in [-0.2, 0) is 4.79 Å². The van der Waals surface area contributed by atoms with Gasteiger partial charge in [0.05, 0.1) is 12.1 Å². The highest BCUT2D eigenvalue weighted by Gasteiger charge is 2.91. The van der Waals surface area contributed by atoms with Crippen molar-refractivity contribution in [1.82, 2.24) is 0 Å². The number of carbonyl (C=O) groups excluding carboxylic acids is 1. The molecule has 2 aliphatic rings. The molecule has 0 spiro atoms. The molecule has 3 rings (SSSR count). The molecule has 3 unspecified atom stereocenters. The van der Waals surface area contributed by atoms with Gasteiger partial charge >= 0.3 is 0 Å². The van der Waals surface area contributed by atoms with Crippen LogP contribution < -0.4 is 11.1 Å². The van der Waals surface area contributed by atoms with E-state index in [0.717, 1.165) is 17.1 Å². The first-order valence-electron chi connectivity index (χ1n) is 8.72. The van der Waals surface area contributed by atoms with Crippen LogP contribution in [-0.4, -0.2) is 27.5 Å². The zero-order valence-corrected chi connectivity index (χ0v) is 17.1. The molecule has 6 nitrogen and oxygen atoms in total. The lowest BCUT2D eigenvalue weighted by Gasteiger charge is -2.31. The highest BCUT2D eigenvalue weighted by atomic mass is 32.2. The Labute approximate surface area is 167 Å². The van der Waals surface area contributed by atoms with E-state index in [1.54, 1.807) is 35.7 Å². The van der Waals surface area contributed by atoms with Crippen LogP contribution in [0.2, 0.25) is 0 Å². The van der Waals surface area contributed by atoms with Gasteiger partial charge in [0.2, 0.25) is 5.91 Å². The van der Waals surface area contributed by atoms with Gasteiger partial charge in [0.15, 0.2) is 4.20 Å². The molecular formula is C19H21N5OS2. The third-order valence-electron chi connectivity index (χ3n) is 5.17.